The molecule has 354 valence electrons. The van der Waals surface area contributed by atoms with Crippen LogP contribution in [0.2, 0.25) is 0 Å². The van der Waals surface area contributed by atoms with Gasteiger partial charge < -0.3 is 23.8 Å². The molecule has 0 aliphatic heterocycles. The molecule has 7 nitrogen and oxygen atoms in total. The van der Waals surface area contributed by atoms with Crippen molar-refractivity contribution < 1.29 is 28.5 Å². The number of ether oxygens (including phenoxy) is 4. The third kappa shape index (κ3) is 40.3. The number of rotatable bonds is 44. The number of hydrogen-bond donors (Lipinski definition) is 0. The predicted octanol–water partition coefficient (Wildman–Crippen LogP) is 14.8. The summed E-state index contributed by atoms with van der Waals surface area (Å²) in [4.78, 5) is 27.2. The Kier molecular flexibility index (Phi) is 41.3. The first-order valence-electron chi connectivity index (χ1n) is 25.7. The van der Waals surface area contributed by atoms with Crippen LogP contribution >= 0.6 is 0 Å². The number of carbonyl (C=O) groups is 2. The standard InChI is InChI=1S/C54H97NO6/c1-5-7-9-11-13-15-17-19-21-23-24-26-28-30-32-34-36-38-45-59-52(48-58-44-37-35-33-31-29-27-25-22-20-18-16-14-12-10-8-6-2)49-60-54(57)47-50-41-42-51(46-50)61-53(56)40-39-43-55(3)4/h14-17,20-23,50-52H,5-13,18-19,24-49H2,1-4H3/b16-14-,17-15-,22-20-,23-21-. The summed E-state index contributed by atoms with van der Waals surface area (Å²) in [6.45, 7) is 7.45. The summed E-state index contributed by atoms with van der Waals surface area (Å²) in [6, 6.07) is 0. The maximum absolute atomic E-state index is 12.9. The van der Waals surface area contributed by atoms with Gasteiger partial charge in [0.15, 0.2) is 0 Å². The second kappa shape index (κ2) is 44.4. The van der Waals surface area contributed by atoms with Crippen LogP contribution in [0.1, 0.15) is 219 Å². The highest BCUT2D eigenvalue weighted by atomic mass is 16.6. The fourth-order valence-corrected chi connectivity index (χ4v) is 7.83. The van der Waals surface area contributed by atoms with Gasteiger partial charge in [-0.1, -0.05) is 152 Å². The quantitative estimate of drug-likeness (QED) is 0.0343. The minimum Gasteiger partial charge on any atom is -0.463 e. The highest BCUT2D eigenvalue weighted by molar-refractivity contribution is 5.70. The molecule has 1 rings (SSSR count). The molecule has 0 amide bonds. The van der Waals surface area contributed by atoms with Crippen molar-refractivity contribution >= 4 is 11.9 Å². The Morgan fingerprint density at radius 3 is 1.61 bits per heavy atom. The molecular formula is C54H97NO6. The van der Waals surface area contributed by atoms with Crippen LogP contribution in [0.25, 0.3) is 0 Å². The number of nitrogens with zero attached hydrogens (tertiary/aromatic N) is 1. The van der Waals surface area contributed by atoms with Crippen molar-refractivity contribution in [2.24, 2.45) is 5.92 Å². The molecule has 3 unspecified atom stereocenters. The number of unbranched alkanes of at least 4 members (excludes halogenated alkanes) is 20. The summed E-state index contributed by atoms with van der Waals surface area (Å²) in [5.41, 5.74) is 0. The Labute approximate surface area is 377 Å². The van der Waals surface area contributed by atoms with Gasteiger partial charge in [-0.3, -0.25) is 9.59 Å². The zero-order valence-corrected chi connectivity index (χ0v) is 40.4. The highest BCUT2D eigenvalue weighted by Crippen LogP contribution is 2.31. The second-order valence-corrected chi connectivity index (χ2v) is 18.0. The lowest BCUT2D eigenvalue weighted by Crippen LogP contribution is -2.28. The Hall–Kier alpha value is -2.22. The molecule has 61 heavy (non-hydrogen) atoms. The zero-order valence-electron chi connectivity index (χ0n) is 40.4. The van der Waals surface area contributed by atoms with E-state index in [1.165, 1.54) is 135 Å². The molecule has 0 heterocycles. The first kappa shape index (κ1) is 56.8. The van der Waals surface area contributed by atoms with Crippen molar-refractivity contribution in [3.8, 4) is 0 Å². The van der Waals surface area contributed by atoms with Gasteiger partial charge in [0, 0.05) is 26.1 Å². The van der Waals surface area contributed by atoms with Crippen molar-refractivity contribution in [2.75, 3.05) is 47.1 Å². The van der Waals surface area contributed by atoms with Crippen molar-refractivity contribution in [1.82, 2.24) is 4.90 Å². The Morgan fingerprint density at radius 1 is 0.557 bits per heavy atom. The normalized spacial score (nSPS) is 16.3. The lowest BCUT2D eigenvalue weighted by molar-refractivity contribution is -0.151. The molecule has 1 aliphatic carbocycles. The van der Waals surface area contributed by atoms with E-state index in [1.54, 1.807) is 0 Å². The first-order valence-corrected chi connectivity index (χ1v) is 25.7. The van der Waals surface area contributed by atoms with Crippen LogP contribution in [0.15, 0.2) is 48.6 Å². The molecule has 1 aliphatic rings. The van der Waals surface area contributed by atoms with Gasteiger partial charge in [0.25, 0.3) is 0 Å². The average molecular weight is 856 g/mol. The zero-order chi connectivity index (χ0) is 44.1. The maximum atomic E-state index is 12.9. The second-order valence-electron chi connectivity index (χ2n) is 18.0. The van der Waals surface area contributed by atoms with Crippen LogP contribution in [0.5, 0.6) is 0 Å². The molecule has 0 spiro atoms. The van der Waals surface area contributed by atoms with E-state index < -0.39 is 0 Å². The fraction of sp³-hybridized carbons (Fsp3) is 0.815. The molecule has 0 aromatic heterocycles. The molecule has 0 saturated heterocycles. The Morgan fingerprint density at radius 2 is 1.05 bits per heavy atom. The van der Waals surface area contributed by atoms with Crippen LogP contribution in [-0.2, 0) is 28.5 Å². The van der Waals surface area contributed by atoms with E-state index in [2.05, 4.69) is 67.4 Å². The van der Waals surface area contributed by atoms with Crippen molar-refractivity contribution in [3.63, 3.8) is 0 Å². The third-order valence-corrected chi connectivity index (χ3v) is 11.7. The summed E-state index contributed by atoms with van der Waals surface area (Å²) in [7, 11) is 4.01. The summed E-state index contributed by atoms with van der Waals surface area (Å²) < 4.78 is 23.8. The Balaban J connectivity index is 2.27. The Bertz CT molecular complexity index is 1100. The first-order chi connectivity index (χ1) is 29.9. The van der Waals surface area contributed by atoms with Gasteiger partial charge in [0.1, 0.15) is 18.8 Å². The van der Waals surface area contributed by atoms with Gasteiger partial charge in [0.2, 0.25) is 0 Å². The molecule has 0 aromatic carbocycles. The summed E-state index contributed by atoms with van der Waals surface area (Å²) in [5.74, 6) is -0.126. The number of carbonyl (C=O) groups excluding carboxylic acids is 2. The third-order valence-electron chi connectivity index (χ3n) is 11.7. The van der Waals surface area contributed by atoms with E-state index in [0.29, 0.717) is 32.7 Å². The van der Waals surface area contributed by atoms with Gasteiger partial charge in [-0.25, -0.2) is 0 Å². The van der Waals surface area contributed by atoms with Crippen LogP contribution in [0, 0.1) is 5.92 Å². The highest BCUT2D eigenvalue weighted by Gasteiger charge is 2.29. The van der Waals surface area contributed by atoms with Gasteiger partial charge in [-0.05, 0) is 129 Å². The lowest BCUT2D eigenvalue weighted by Gasteiger charge is -2.19. The molecular weight excluding hydrogens is 759 g/mol. The minimum atomic E-state index is -0.248. The maximum Gasteiger partial charge on any atom is 0.306 e. The molecule has 1 fully saturated rings. The van der Waals surface area contributed by atoms with Crippen LogP contribution in [0.3, 0.4) is 0 Å². The summed E-state index contributed by atoms with van der Waals surface area (Å²) in [6.07, 6.45) is 54.5. The molecule has 1 saturated carbocycles. The minimum absolute atomic E-state index is 0.0851. The van der Waals surface area contributed by atoms with Gasteiger partial charge in [-0.2, -0.15) is 0 Å². The average Bonchev–Trinajstić information content (AvgIpc) is 3.68. The molecule has 0 aromatic rings. The van der Waals surface area contributed by atoms with E-state index in [9.17, 15) is 9.59 Å². The number of esters is 2. The monoisotopic (exact) mass is 856 g/mol. The van der Waals surface area contributed by atoms with Crippen LogP contribution in [-0.4, -0.2) is 76.1 Å². The smallest absolute Gasteiger partial charge is 0.306 e. The molecule has 0 radical (unpaired) electrons. The summed E-state index contributed by atoms with van der Waals surface area (Å²) >= 11 is 0. The van der Waals surface area contributed by atoms with Crippen LogP contribution in [0.4, 0.5) is 0 Å². The molecule has 0 N–H and O–H groups in total. The fourth-order valence-electron chi connectivity index (χ4n) is 7.83. The molecule has 0 bridgehead atoms. The number of allylic oxidation sites excluding steroid dienone is 8. The van der Waals surface area contributed by atoms with Crippen molar-refractivity contribution in [2.45, 2.75) is 232 Å². The SMILES string of the molecule is CCCCC/C=C\C/C=C\CCCCCCCCOCC(COC(=O)CC1CCC(OC(=O)CCCN(C)C)C1)OCCCCCCCCC/C=C\C/C=C\CCCCCC. The van der Waals surface area contributed by atoms with Gasteiger partial charge in [0.05, 0.1) is 6.61 Å². The predicted molar refractivity (Wildman–Crippen MR) is 259 cm³/mol. The van der Waals surface area contributed by atoms with Gasteiger partial charge in [-0.15, -0.1) is 0 Å². The van der Waals surface area contributed by atoms with E-state index in [-0.39, 0.29) is 36.7 Å². The molecule has 7 heteroatoms. The van der Waals surface area contributed by atoms with E-state index in [4.69, 9.17) is 18.9 Å². The largest absolute Gasteiger partial charge is 0.463 e. The molecule has 3 atom stereocenters. The lowest BCUT2D eigenvalue weighted by atomic mass is 10.0. The van der Waals surface area contributed by atoms with E-state index >= 15 is 0 Å². The van der Waals surface area contributed by atoms with Crippen molar-refractivity contribution in [3.05, 3.63) is 48.6 Å². The number of hydrogen-bond acceptors (Lipinski definition) is 7. The topological polar surface area (TPSA) is 74.3 Å². The van der Waals surface area contributed by atoms with E-state index in [0.717, 1.165) is 64.3 Å². The van der Waals surface area contributed by atoms with E-state index in [1.807, 2.05) is 14.1 Å². The van der Waals surface area contributed by atoms with Crippen molar-refractivity contribution in [1.29, 1.82) is 0 Å². The van der Waals surface area contributed by atoms with Crippen LogP contribution < -0.4 is 0 Å². The summed E-state index contributed by atoms with van der Waals surface area (Å²) in [5, 5.41) is 0. The van der Waals surface area contributed by atoms with Gasteiger partial charge >= 0.3 is 11.9 Å².